The zero-order chi connectivity index (χ0) is 10.9. The van der Waals surface area contributed by atoms with Gasteiger partial charge in [-0.15, -0.1) is 0 Å². The molecular weight excluding hydrogens is 208 g/mol. The van der Waals surface area contributed by atoms with Gasteiger partial charge in [0.25, 0.3) is 0 Å². The van der Waals surface area contributed by atoms with E-state index in [1.807, 2.05) is 24.3 Å². The van der Waals surface area contributed by atoms with Crippen molar-refractivity contribution in [1.29, 1.82) is 0 Å². The van der Waals surface area contributed by atoms with E-state index in [1.165, 1.54) is 0 Å². The number of rotatable bonds is 2. The van der Waals surface area contributed by atoms with Crippen molar-refractivity contribution in [2.45, 2.75) is 18.7 Å². The van der Waals surface area contributed by atoms with Gasteiger partial charge in [0.2, 0.25) is 0 Å². The molecule has 0 aromatic heterocycles. The molecule has 0 fully saturated rings. The fourth-order valence-corrected chi connectivity index (χ4v) is 2.25. The minimum Gasteiger partial charge on any atom is -0.497 e. The number of methoxy groups -OCH3 is 1. The molecule has 1 aliphatic rings. The molecule has 0 spiro atoms. The Bertz CT molecular complexity index is 384. The molecule has 80 valence electrons. The second-order valence-corrected chi connectivity index (χ2v) is 5.48. The molecule has 15 heavy (non-hydrogen) atoms. The maximum atomic E-state index is 5.11. The Kier molecular flexibility index (Phi) is 2.61. The van der Waals surface area contributed by atoms with Gasteiger partial charge in [-0.25, -0.2) is 0 Å². The zero-order valence-corrected chi connectivity index (χ0v) is 9.89. The van der Waals surface area contributed by atoms with E-state index in [-0.39, 0.29) is 4.87 Å². The molecule has 1 aromatic carbocycles. The summed E-state index contributed by atoms with van der Waals surface area (Å²) in [7, 11) is 1.67. The van der Waals surface area contributed by atoms with Crippen LogP contribution in [0.5, 0.6) is 5.75 Å². The number of nitrogens with zero attached hydrogens (tertiary/aromatic N) is 1. The third-order valence-corrected chi connectivity index (χ3v) is 3.24. The zero-order valence-electron chi connectivity index (χ0n) is 9.07. The smallest absolute Gasteiger partial charge is 0.126 e. The standard InChI is InChI=1S/C11H14N2OS/c1-11(2)13-12-10(15-11)8-4-6-9(14-3)7-5-8/h4-7,13H,1-3H3. The van der Waals surface area contributed by atoms with Crippen molar-refractivity contribution in [3.8, 4) is 5.75 Å². The van der Waals surface area contributed by atoms with Crippen LogP contribution in [0.4, 0.5) is 0 Å². The third-order valence-electron chi connectivity index (χ3n) is 2.12. The molecule has 0 amide bonds. The molecule has 1 aromatic rings. The lowest BCUT2D eigenvalue weighted by Gasteiger charge is -2.14. The molecule has 0 saturated heterocycles. The largest absolute Gasteiger partial charge is 0.497 e. The van der Waals surface area contributed by atoms with Crippen LogP contribution < -0.4 is 10.2 Å². The second kappa shape index (κ2) is 3.77. The summed E-state index contributed by atoms with van der Waals surface area (Å²) in [5.74, 6) is 0.870. The van der Waals surface area contributed by atoms with Gasteiger partial charge < -0.3 is 4.74 Å². The topological polar surface area (TPSA) is 33.6 Å². The van der Waals surface area contributed by atoms with Gasteiger partial charge in [-0.3, -0.25) is 5.43 Å². The van der Waals surface area contributed by atoms with E-state index in [4.69, 9.17) is 4.74 Å². The molecule has 0 saturated carbocycles. The van der Waals surface area contributed by atoms with Gasteiger partial charge in [0.15, 0.2) is 0 Å². The number of hydrogen-bond acceptors (Lipinski definition) is 4. The van der Waals surface area contributed by atoms with Crippen molar-refractivity contribution >= 4 is 16.8 Å². The van der Waals surface area contributed by atoms with Crippen LogP contribution in [0.2, 0.25) is 0 Å². The van der Waals surface area contributed by atoms with E-state index in [0.717, 1.165) is 16.4 Å². The number of hydrogen-bond donors (Lipinski definition) is 1. The Morgan fingerprint density at radius 2 is 1.93 bits per heavy atom. The van der Waals surface area contributed by atoms with Crippen LogP contribution in [-0.2, 0) is 0 Å². The number of hydrazone groups is 1. The van der Waals surface area contributed by atoms with Gasteiger partial charge >= 0.3 is 0 Å². The summed E-state index contributed by atoms with van der Waals surface area (Å²) in [6.07, 6.45) is 0. The van der Waals surface area contributed by atoms with Crippen molar-refractivity contribution in [3.63, 3.8) is 0 Å². The van der Waals surface area contributed by atoms with E-state index >= 15 is 0 Å². The first-order chi connectivity index (χ1) is 7.11. The number of nitrogens with one attached hydrogen (secondary N) is 1. The Hall–Kier alpha value is -1.16. The maximum Gasteiger partial charge on any atom is 0.126 e. The molecule has 3 nitrogen and oxygen atoms in total. The normalized spacial score (nSPS) is 18.2. The lowest BCUT2D eigenvalue weighted by molar-refractivity contribution is 0.415. The highest BCUT2D eigenvalue weighted by atomic mass is 32.2. The Labute approximate surface area is 93.9 Å². The fourth-order valence-electron chi connectivity index (χ4n) is 1.33. The molecule has 0 bridgehead atoms. The van der Waals surface area contributed by atoms with Crippen LogP contribution in [0, 0.1) is 0 Å². The predicted molar refractivity (Wildman–Crippen MR) is 64.3 cm³/mol. The van der Waals surface area contributed by atoms with Crippen molar-refractivity contribution < 1.29 is 4.74 Å². The lowest BCUT2D eigenvalue weighted by atomic mass is 10.2. The summed E-state index contributed by atoms with van der Waals surface area (Å²) in [6.45, 7) is 4.22. The first kappa shape index (κ1) is 10.4. The fraction of sp³-hybridized carbons (Fsp3) is 0.364. The van der Waals surface area contributed by atoms with Gasteiger partial charge in [0, 0.05) is 5.56 Å². The molecule has 1 heterocycles. The van der Waals surface area contributed by atoms with Crippen LogP contribution in [0.25, 0.3) is 0 Å². The van der Waals surface area contributed by atoms with Gasteiger partial charge in [-0.05, 0) is 38.1 Å². The van der Waals surface area contributed by atoms with Crippen molar-refractivity contribution in [3.05, 3.63) is 29.8 Å². The minimum absolute atomic E-state index is 0.00470. The third kappa shape index (κ3) is 2.26. The summed E-state index contributed by atoms with van der Waals surface area (Å²) in [5.41, 5.74) is 4.22. The SMILES string of the molecule is COc1ccc(C2=NNC(C)(C)S2)cc1. The second-order valence-electron chi connectivity index (χ2n) is 3.87. The van der Waals surface area contributed by atoms with Crippen molar-refractivity contribution in [2.24, 2.45) is 5.10 Å². The molecule has 0 unspecified atom stereocenters. The van der Waals surface area contributed by atoms with Crippen LogP contribution in [0.15, 0.2) is 29.4 Å². The Morgan fingerprint density at radius 1 is 1.27 bits per heavy atom. The van der Waals surface area contributed by atoms with Crippen molar-refractivity contribution in [2.75, 3.05) is 7.11 Å². The average molecular weight is 222 g/mol. The highest BCUT2D eigenvalue weighted by Crippen LogP contribution is 2.31. The predicted octanol–water partition coefficient (Wildman–Crippen LogP) is 2.43. The van der Waals surface area contributed by atoms with Crippen LogP contribution >= 0.6 is 11.8 Å². The lowest BCUT2D eigenvalue weighted by Crippen LogP contribution is -2.26. The summed E-state index contributed by atoms with van der Waals surface area (Å²) < 4.78 is 5.11. The van der Waals surface area contributed by atoms with E-state index in [1.54, 1.807) is 18.9 Å². The van der Waals surface area contributed by atoms with E-state index < -0.39 is 0 Å². The van der Waals surface area contributed by atoms with Crippen LogP contribution in [-0.4, -0.2) is 17.0 Å². The summed E-state index contributed by atoms with van der Waals surface area (Å²) in [6, 6.07) is 7.94. The first-order valence-corrected chi connectivity index (χ1v) is 5.61. The molecular formula is C11H14N2OS. The summed E-state index contributed by atoms with van der Waals surface area (Å²) in [4.78, 5) is -0.00470. The van der Waals surface area contributed by atoms with Gasteiger partial charge in [0.05, 0.1) is 7.11 Å². The maximum absolute atomic E-state index is 5.11. The molecule has 1 aliphatic heterocycles. The quantitative estimate of drug-likeness (QED) is 0.834. The van der Waals surface area contributed by atoms with Crippen LogP contribution in [0.3, 0.4) is 0 Å². The molecule has 2 rings (SSSR count). The molecule has 4 heteroatoms. The van der Waals surface area contributed by atoms with Gasteiger partial charge in [0.1, 0.15) is 15.7 Å². The summed E-state index contributed by atoms with van der Waals surface area (Å²) in [5, 5.41) is 5.33. The first-order valence-electron chi connectivity index (χ1n) is 4.79. The van der Waals surface area contributed by atoms with Crippen LogP contribution in [0.1, 0.15) is 19.4 Å². The average Bonchev–Trinajstić information content (AvgIpc) is 2.59. The minimum atomic E-state index is -0.00470. The number of thioether (sulfide) groups is 1. The van der Waals surface area contributed by atoms with Crippen molar-refractivity contribution in [1.82, 2.24) is 5.43 Å². The van der Waals surface area contributed by atoms with E-state index in [0.29, 0.717) is 0 Å². The molecule has 0 atom stereocenters. The Balaban J connectivity index is 2.18. The molecule has 0 aliphatic carbocycles. The highest BCUT2D eigenvalue weighted by Gasteiger charge is 2.27. The Morgan fingerprint density at radius 3 is 2.40 bits per heavy atom. The van der Waals surface area contributed by atoms with Gasteiger partial charge in [-0.2, -0.15) is 5.10 Å². The molecule has 0 radical (unpaired) electrons. The van der Waals surface area contributed by atoms with E-state index in [2.05, 4.69) is 24.4 Å². The monoisotopic (exact) mass is 222 g/mol. The number of benzene rings is 1. The number of ether oxygens (including phenoxy) is 1. The summed E-state index contributed by atoms with van der Waals surface area (Å²) >= 11 is 1.73. The van der Waals surface area contributed by atoms with E-state index in [9.17, 15) is 0 Å². The highest BCUT2D eigenvalue weighted by molar-refractivity contribution is 8.15. The van der Waals surface area contributed by atoms with Gasteiger partial charge in [-0.1, -0.05) is 11.8 Å². The molecule has 1 N–H and O–H groups in total.